The molecule has 7 heteroatoms. The SMILES string of the molecule is CCNc1ccc(C(=O)NCCc2ncn[nH]2)cn1. The number of rotatable bonds is 6. The zero-order valence-corrected chi connectivity index (χ0v) is 10.7. The van der Waals surface area contributed by atoms with Gasteiger partial charge in [0.2, 0.25) is 0 Å². The van der Waals surface area contributed by atoms with Gasteiger partial charge in [-0.05, 0) is 19.1 Å². The zero-order chi connectivity index (χ0) is 13.5. The smallest absolute Gasteiger partial charge is 0.252 e. The first kappa shape index (κ1) is 13.0. The van der Waals surface area contributed by atoms with E-state index in [-0.39, 0.29) is 5.91 Å². The largest absolute Gasteiger partial charge is 0.370 e. The third kappa shape index (κ3) is 3.77. The van der Waals surface area contributed by atoms with Crippen LogP contribution < -0.4 is 10.6 Å². The molecule has 0 saturated carbocycles. The van der Waals surface area contributed by atoms with Crippen LogP contribution in [-0.4, -0.2) is 39.2 Å². The van der Waals surface area contributed by atoms with E-state index in [0.717, 1.165) is 18.2 Å². The molecule has 2 rings (SSSR count). The summed E-state index contributed by atoms with van der Waals surface area (Å²) in [6.45, 7) is 3.30. The lowest BCUT2D eigenvalue weighted by Gasteiger charge is -2.05. The summed E-state index contributed by atoms with van der Waals surface area (Å²) in [6.07, 6.45) is 3.62. The number of nitrogens with one attached hydrogen (secondary N) is 3. The van der Waals surface area contributed by atoms with Gasteiger partial charge in [-0.25, -0.2) is 9.97 Å². The maximum absolute atomic E-state index is 11.8. The molecule has 2 aromatic heterocycles. The van der Waals surface area contributed by atoms with Crippen LogP contribution >= 0.6 is 0 Å². The van der Waals surface area contributed by atoms with Gasteiger partial charge in [0.1, 0.15) is 18.0 Å². The lowest BCUT2D eigenvalue weighted by molar-refractivity contribution is 0.0953. The van der Waals surface area contributed by atoms with Gasteiger partial charge in [0.05, 0.1) is 5.56 Å². The highest BCUT2D eigenvalue weighted by Gasteiger charge is 2.05. The van der Waals surface area contributed by atoms with Crippen molar-refractivity contribution in [2.24, 2.45) is 0 Å². The molecule has 19 heavy (non-hydrogen) atoms. The lowest BCUT2D eigenvalue weighted by Crippen LogP contribution is -2.26. The number of pyridine rings is 1. The molecule has 7 nitrogen and oxygen atoms in total. The molecule has 3 N–H and O–H groups in total. The molecule has 0 radical (unpaired) electrons. The minimum Gasteiger partial charge on any atom is -0.370 e. The summed E-state index contributed by atoms with van der Waals surface area (Å²) in [6, 6.07) is 3.53. The molecule has 2 aromatic rings. The van der Waals surface area contributed by atoms with Gasteiger partial charge in [-0.1, -0.05) is 0 Å². The lowest BCUT2D eigenvalue weighted by atomic mass is 10.2. The van der Waals surface area contributed by atoms with E-state index in [1.807, 2.05) is 6.92 Å². The summed E-state index contributed by atoms with van der Waals surface area (Å²) >= 11 is 0. The fourth-order valence-electron chi connectivity index (χ4n) is 1.56. The van der Waals surface area contributed by atoms with Crippen LogP contribution in [0.3, 0.4) is 0 Å². The number of aromatic amines is 1. The van der Waals surface area contributed by atoms with Crippen molar-refractivity contribution in [3.8, 4) is 0 Å². The Bertz CT molecular complexity index is 508. The summed E-state index contributed by atoms with van der Waals surface area (Å²) < 4.78 is 0. The highest BCUT2D eigenvalue weighted by Crippen LogP contribution is 2.04. The number of hydrogen-bond acceptors (Lipinski definition) is 5. The fraction of sp³-hybridized carbons (Fsp3) is 0.333. The number of carbonyl (C=O) groups is 1. The van der Waals surface area contributed by atoms with E-state index in [9.17, 15) is 4.79 Å². The third-order valence-corrected chi connectivity index (χ3v) is 2.50. The first-order valence-electron chi connectivity index (χ1n) is 6.12. The third-order valence-electron chi connectivity index (χ3n) is 2.50. The van der Waals surface area contributed by atoms with E-state index in [0.29, 0.717) is 18.5 Å². The molecule has 0 aliphatic rings. The Labute approximate surface area is 110 Å². The van der Waals surface area contributed by atoms with E-state index >= 15 is 0 Å². The minimum absolute atomic E-state index is 0.143. The fourth-order valence-corrected chi connectivity index (χ4v) is 1.56. The number of anilines is 1. The van der Waals surface area contributed by atoms with Crippen molar-refractivity contribution < 1.29 is 4.79 Å². The van der Waals surface area contributed by atoms with Gasteiger partial charge in [0.25, 0.3) is 5.91 Å². The van der Waals surface area contributed by atoms with E-state index in [1.54, 1.807) is 18.3 Å². The van der Waals surface area contributed by atoms with Crippen molar-refractivity contribution in [2.45, 2.75) is 13.3 Å². The van der Waals surface area contributed by atoms with Crippen LogP contribution in [0.25, 0.3) is 0 Å². The Hall–Kier alpha value is -2.44. The number of H-pyrrole nitrogens is 1. The van der Waals surface area contributed by atoms with Crippen molar-refractivity contribution >= 4 is 11.7 Å². The molecule has 0 spiro atoms. The molecule has 0 unspecified atom stereocenters. The van der Waals surface area contributed by atoms with Crippen LogP contribution in [0.4, 0.5) is 5.82 Å². The Morgan fingerprint density at radius 2 is 2.26 bits per heavy atom. The summed E-state index contributed by atoms with van der Waals surface area (Å²) in [7, 11) is 0. The molecule has 100 valence electrons. The monoisotopic (exact) mass is 260 g/mol. The summed E-state index contributed by atoms with van der Waals surface area (Å²) in [5.74, 6) is 1.37. The van der Waals surface area contributed by atoms with Gasteiger partial charge in [-0.15, -0.1) is 0 Å². The van der Waals surface area contributed by atoms with Gasteiger partial charge < -0.3 is 10.6 Å². The first-order valence-corrected chi connectivity index (χ1v) is 6.12. The topological polar surface area (TPSA) is 95.6 Å². The van der Waals surface area contributed by atoms with Gasteiger partial charge in [0.15, 0.2) is 0 Å². The van der Waals surface area contributed by atoms with Crippen LogP contribution in [0.2, 0.25) is 0 Å². The average molecular weight is 260 g/mol. The molecule has 0 fully saturated rings. The van der Waals surface area contributed by atoms with Crippen molar-refractivity contribution in [3.05, 3.63) is 36.0 Å². The van der Waals surface area contributed by atoms with Gasteiger partial charge >= 0.3 is 0 Å². The minimum atomic E-state index is -0.143. The van der Waals surface area contributed by atoms with E-state index < -0.39 is 0 Å². The normalized spacial score (nSPS) is 10.2. The number of hydrogen-bond donors (Lipinski definition) is 3. The average Bonchev–Trinajstić information content (AvgIpc) is 2.93. The Morgan fingerprint density at radius 1 is 1.37 bits per heavy atom. The van der Waals surface area contributed by atoms with E-state index in [2.05, 4.69) is 30.8 Å². The number of carbonyl (C=O) groups excluding carboxylic acids is 1. The molecule has 1 amide bonds. The van der Waals surface area contributed by atoms with Gasteiger partial charge in [-0.2, -0.15) is 5.10 Å². The quantitative estimate of drug-likeness (QED) is 0.707. The highest BCUT2D eigenvalue weighted by atomic mass is 16.1. The standard InChI is InChI=1S/C12H16N6O/c1-2-13-10-4-3-9(7-15-10)12(19)14-6-5-11-16-8-17-18-11/h3-4,7-8H,2,5-6H2,1H3,(H,13,15)(H,14,19)(H,16,17,18). The second-order valence-electron chi connectivity index (χ2n) is 3.90. The maximum Gasteiger partial charge on any atom is 0.252 e. The molecular weight excluding hydrogens is 244 g/mol. The van der Waals surface area contributed by atoms with Crippen LogP contribution in [0, 0.1) is 0 Å². The number of aromatic nitrogens is 4. The first-order chi connectivity index (χ1) is 9.29. The number of amides is 1. The van der Waals surface area contributed by atoms with Crippen LogP contribution in [-0.2, 0) is 6.42 Å². The maximum atomic E-state index is 11.8. The van der Waals surface area contributed by atoms with Crippen LogP contribution in [0.5, 0.6) is 0 Å². The van der Waals surface area contributed by atoms with Crippen molar-refractivity contribution in [2.75, 3.05) is 18.4 Å². The predicted octanol–water partition coefficient (Wildman–Crippen LogP) is 0.604. The van der Waals surface area contributed by atoms with E-state index in [4.69, 9.17) is 0 Å². The summed E-state index contributed by atoms with van der Waals surface area (Å²) in [5, 5.41) is 12.4. The highest BCUT2D eigenvalue weighted by molar-refractivity contribution is 5.94. The molecule has 0 aliphatic carbocycles. The molecular formula is C12H16N6O. The Kier molecular flexibility index (Phi) is 4.44. The van der Waals surface area contributed by atoms with Crippen molar-refractivity contribution in [3.63, 3.8) is 0 Å². The molecule has 0 aromatic carbocycles. The van der Waals surface area contributed by atoms with Crippen molar-refractivity contribution in [1.82, 2.24) is 25.5 Å². The number of nitrogens with zero attached hydrogens (tertiary/aromatic N) is 3. The molecule has 0 atom stereocenters. The molecule has 2 heterocycles. The Morgan fingerprint density at radius 3 is 2.89 bits per heavy atom. The Balaban J connectivity index is 1.82. The summed E-state index contributed by atoms with van der Waals surface area (Å²) in [5.41, 5.74) is 0.541. The van der Waals surface area contributed by atoms with Crippen LogP contribution in [0.1, 0.15) is 23.1 Å². The summed E-state index contributed by atoms with van der Waals surface area (Å²) in [4.78, 5) is 20.0. The van der Waals surface area contributed by atoms with Gasteiger partial charge in [0, 0.05) is 25.7 Å². The second-order valence-corrected chi connectivity index (χ2v) is 3.90. The second kappa shape index (κ2) is 6.48. The predicted molar refractivity (Wildman–Crippen MR) is 70.8 cm³/mol. The van der Waals surface area contributed by atoms with E-state index in [1.165, 1.54) is 6.33 Å². The molecule has 0 bridgehead atoms. The molecule has 0 saturated heterocycles. The van der Waals surface area contributed by atoms with Crippen LogP contribution in [0.15, 0.2) is 24.7 Å². The zero-order valence-electron chi connectivity index (χ0n) is 10.7. The van der Waals surface area contributed by atoms with Crippen molar-refractivity contribution in [1.29, 1.82) is 0 Å². The van der Waals surface area contributed by atoms with Gasteiger partial charge in [-0.3, -0.25) is 9.89 Å². The molecule has 0 aliphatic heterocycles.